The summed E-state index contributed by atoms with van der Waals surface area (Å²) < 4.78 is 27.2. The topological polar surface area (TPSA) is 87.2 Å². The summed E-state index contributed by atoms with van der Waals surface area (Å²) in [6.07, 6.45) is 3.28. The van der Waals surface area contributed by atoms with Crippen molar-refractivity contribution in [1.82, 2.24) is 4.31 Å². The molecule has 2 N–H and O–H groups in total. The highest BCUT2D eigenvalue weighted by atomic mass is 35.5. The molecular weight excluding hydrogens is 310 g/mol. The molecule has 1 aromatic carbocycles. The van der Waals surface area contributed by atoms with Gasteiger partial charge in [0.05, 0.1) is 16.7 Å². The maximum absolute atomic E-state index is 12.9. The average molecular weight is 328 g/mol. The Balaban J connectivity index is 2.43. The molecule has 1 fully saturated rings. The Bertz CT molecular complexity index is 653. The first kappa shape index (κ1) is 16.2. The number of hydrogen-bond donors (Lipinski definition) is 1. The molecule has 0 amide bonds. The second-order valence-corrected chi connectivity index (χ2v) is 7.37. The molecule has 0 radical (unpaired) electrons. The summed E-state index contributed by atoms with van der Waals surface area (Å²) in [5.41, 5.74) is 5.87. The highest BCUT2D eigenvalue weighted by molar-refractivity contribution is 7.89. The van der Waals surface area contributed by atoms with Crippen LogP contribution in [0.1, 0.15) is 31.2 Å². The van der Waals surface area contributed by atoms with Gasteiger partial charge in [-0.2, -0.15) is 9.57 Å². The minimum Gasteiger partial charge on any atom is -0.330 e. The van der Waals surface area contributed by atoms with Crippen LogP contribution in [-0.4, -0.2) is 31.9 Å². The lowest BCUT2D eigenvalue weighted by Crippen LogP contribution is -2.44. The molecule has 0 spiro atoms. The predicted molar refractivity (Wildman–Crippen MR) is 81.4 cm³/mol. The number of halogens is 1. The summed E-state index contributed by atoms with van der Waals surface area (Å²) in [4.78, 5) is 0.00661. The monoisotopic (exact) mass is 327 g/mol. The van der Waals surface area contributed by atoms with Gasteiger partial charge in [-0.1, -0.05) is 18.0 Å². The molecule has 1 saturated heterocycles. The minimum absolute atomic E-state index is 0.00661. The first-order valence-corrected chi connectivity index (χ1v) is 8.74. The molecule has 0 saturated carbocycles. The Kier molecular flexibility index (Phi) is 5.22. The molecule has 1 unspecified atom stereocenters. The first-order chi connectivity index (χ1) is 10.0. The van der Waals surface area contributed by atoms with E-state index in [2.05, 4.69) is 0 Å². The van der Waals surface area contributed by atoms with Gasteiger partial charge in [-0.15, -0.1) is 0 Å². The number of rotatable bonds is 4. The summed E-state index contributed by atoms with van der Waals surface area (Å²) in [5, 5.41) is 9.09. The molecule has 114 valence electrons. The summed E-state index contributed by atoms with van der Waals surface area (Å²) in [6, 6.07) is 6.16. The first-order valence-electron chi connectivity index (χ1n) is 6.92. The third kappa shape index (κ3) is 3.38. The number of sulfonamides is 1. The molecule has 0 aromatic heterocycles. The fourth-order valence-corrected chi connectivity index (χ4v) is 4.89. The van der Waals surface area contributed by atoms with Gasteiger partial charge in [-0.25, -0.2) is 8.42 Å². The van der Waals surface area contributed by atoms with Crippen molar-refractivity contribution < 1.29 is 8.42 Å². The fraction of sp³-hybridized carbons (Fsp3) is 0.500. The zero-order valence-electron chi connectivity index (χ0n) is 11.6. The fourth-order valence-electron chi connectivity index (χ4n) is 2.67. The maximum Gasteiger partial charge on any atom is 0.244 e. The normalized spacial score (nSPS) is 20.1. The number of nitrogens with zero attached hydrogens (tertiary/aromatic N) is 2. The van der Waals surface area contributed by atoms with Crippen molar-refractivity contribution in [1.29, 1.82) is 5.26 Å². The second-order valence-electron chi connectivity index (χ2n) is 5.10. The highest BCUT2D eigenvalue weighted by Gasteiger charge is 2.34. The van der Waals surface area contributed by atoms with Gasteiger partial charge in [-0.3, -0.25) is 0 Å². The van der Waals surface area contributed by atoms with Crippen LogP contribution >= 0.6 is 11.6 Å². The van der Waals surface area contributed by atoms with Crippen molar-refractivity contribution in [3.05, 3.63) is 28.8 Å². The lowest BCUT2D eigenvalue weighted by Gasteiger charge is -2.34. The number of piperidine rings is 1. The largest absolute Gasteiger partial charge is 0.330 e. The Hall–Kier alpha value is -1.13. The highest BCUT2D eigenvalue weighted by Crippen LogP contribution is 2.31. The van der Waals surface area contributed by atoms with Crippen molar-refractivity contribution in [3.63, 3.8) is 0 Å². The van der Waals surface area contributed by atoms with Crippen LogP contribution in [0.3, 0.4) is 0 Å². The molecule has 0 aliphatic carbocycles. The van der Waals surface area contributed by atoms with E-state index < -0.39 is 10.0 Å². The van der Waals surface area contributed by atoms with Crippen molar-refractivity contribution in [2.24, 2.45) is 5.73 Å². The van der Waals surface area contributed by atoms with Gasteiger partial charge in [0.1, 0.15) is 4.90 Å². The Labute approximate surface area is 130 Å². The van der Waals surface area contributed by atoms with Crippen LogP contribution in [-0.2, 0) is 10.0 Å². The van der Waals surface area contributed by atoms with E-state index in [1.165, 1.54) is 22.5 Å². The van der Waals surface area contributed by atoms with Crippen molar-refractivity contribution >= 4 is 21.6 Å². The molecule has 1 aromatic rings. The van der Waals surface area contributed by atoms with Gasteiger partial charge in [0.2, 0.25) is 10.0 Å². The minimum atomic E-state index is -3.70. The molecule has 7 heteroatoms. The summed E-state index contributed by atoms with van der Waals surface area (Å²) in [7, 11) is -3.70. The van der Waals surface area contributed by atoms with E-state index in [4.69, 9.17) is 22.6 Å². The summed E-state index contributed by atoms with van der Waals surface area (Å²) >= 11 is 6.04. The van der Waals surface area contributed by atoms with Gasteiger partial charge in [0.15, 0.2) is 0 Å². The molecule has 5 nitrogen and oxygen atoms in total. The van der Waals surface area contributed by atoms with E-state index in [1.807, 2.05) is 6.07 Å². The van der Waals surface area contributed by atoms with Crippen LogP contribution in [0.2, 0.25) is 5.02 Å². The zero-order valence-corrected chi connectivity index (χ0v) is 13.2. The van der Waals surface area contributed by atoms with Gasteiger partial charge >= 0.3 is 0 Å². The van der Waals surface area contributed by atoms with Crippen LogP contribution in [0.4, 0.5) is 0 Å². The number of hydrogen-bond acceptors (Lipinski definition) is 4. The maximum atomic E-state index is 12.9. The van der Waals surface area contributed by atoms with Crippen LogP contribution in [0, 0.1) is 11.3 Å². The lowest BCUT2D eigenvalue weighted by molar-refractivity contribution is 0.243. The van der Waals surface area contributed by atoms with Crippen molar-refractivity contribution in [2.75, 3.05) is 13.1 Å². The van der Waals surface area contributed by atoms with Crippen LogP contribution in [0.5, 0.6) is 0 Å². The Morgan fingerprint density at radius 1 is 1.43 bits per heavy atom. The Morgan fingerprint density at radius 3 is 2.86 bits per heavy atom. The zero-order chi connectivity index (χ0) is 15.5. The smallest absolute Gasteiger partial charge is 0.244 e. The standard InChI is InChI=1S/C14H18ClN3O2S/c15-13-5-4-11(10-17)9-14(13)21(19,20)18-8-2-1-3-12(18)6-7-16/h4-5,9,12H,1-3,6-8,16H2. The van der Waals surface area contributed by atoms with Crippen molar-refractivity contribution in [3.8, 4) is 6.07 Å². The second kappa shape index (κ2) is 6.75. The van der Waals surface area contributed by atoms with E-state index in [-0.39, 0.29) is 21.5 Å². The number of benzene rings is 1. The van der Waals surface area contributed by atoms with E-state index in [0.717, 1.165) is 19.3 Å². The average Bonchev–Trinajstić information content (AvgIpc) is 2.48. The summed E-state index contributed by atoms with van der Waals surface area (Å²) in [6.45, 7) is 0.919. The van der Waals surface area contributed by atoms with Gasteiger partial charge < -0.3 is 5.73 Å². The van der Waals surface area contributed by atoms with Gasteiger partial charge in [-0.05, 0) is 44.0 Å². The molecule has 1 atom stereocenters. The van der Waals surface area contributed by atoms with Crippen LogP contribution in [0.15, 0.2) is 23.1 Å². The van der Waals surface area contributed by atoms with E-state index >= 15 is 0 Å². The SMILES string of the molecule is N#Cc1ccc(Cl)c(S(=O)(=O)N2CCCCC2CCN)c1. The van der Waals surface area contributed by atoms with Gasteiger partial charge in [0, 0.05) is 12.6 Å². The molecule has 1 aliphatic rings. The van der Waals surface area contributed by atoms with Crippen LogP contribution in [0.25, 0.3) is 0 Å². The van der Waals surface area contributed by atoms with E-state index in [0.29, 0.717) is 19.5 Å². The Morgan fingerprint density at radius 2 is 2.19 bits per heavy atom. The van der Waals surface area contributed by atoms with Crippen molar-refractivity contribution in [2.45, 2.75) is 36.6 Å². The quantitative estimate of drug-likeness (QED) is 0.917. The number of nitrogens with two attached hydrogens (primary N) is 1. The summed E-state index contributed by atoms with van der Waals surface area (Å²) in [5.74, 6) is 0. The molecular formula is C14H18ClN3O2S. The molecule has 1 aliphatic heterocycles. The molecule has 0 bridgehead atoms. The van der Waals surface area contributed by atoms with Crippen LogP contribution < -0.4 is 5.73 Å². The predicted octanol–water partition coefficient (Wildman–Crippen LogP) is 2.10. The molecule has 21 heavy (non-hydrogen) atoms. The van der Waals surface area contributed by atoms with Gasteiger partial charge in [0.25, 0.3) is 0 Å². The number of nitriles is 1. The van der Waals surface area contributed by atoms with E-state index in [9.17, 15) is 8.42 Å². The molecule has 1 heterocycles. The third-order valence-electron chi connectivity index (χ3n) is 3.72. The third-order valence-corrected chi connectivity index (χ3v) is 6.15. The van der Waals surface area contributed by atoms with E-state index in [1.54, 1.807) is 0 Å². The lowest BCUT2D eigenvalue weighted by atomic mass is 10.0. The molecule has 2 rings (SSSR count).